The summed E-state index contributed by atoms with van der Waals surface area (Å²) in [5.41, 5.74) is 2.19. The second-order valence-corrected chi connectivity index (χ2v) is 4.14. The van der Waals surface area contributed by atoms with Gasteiger partial charge < -0.3 is 10.0 Å². The maximum Gasteiger partial charge on any atom is 0.0790 e. The van der Waals surface area contributed by atoms with Crippen LogP contribution in [-0.4, -0.2) is 19.2 Å². The van der Waals surface area contributed by atoms with Gasteiger partial charge in [0.05, 0.1) is 6.10 Å². The monoisotopic (exact) mass is 207 g/mol. The molecule has 0 amide bonds. The molecule has 1 rings (SSSR count). The molecular formula is C13H21NO. The van der Waals surface area contributed by atoms with E-state index in [0.717, 1.165) is 24.8 Å². The van der Waals surface area contributed by atoms with E-state index in [1.807, 2.05) is 38.4 Å². The van der Waals surface area contributed by atoms with Gasteiger partial charge in [-0.3, -0.25) is 0 Å². The Morgan fingerprint density at radius 3 is 2.27 bits per heavy atom. The zero-order valence-corrected chi connectivity index (χ0v) is 9.90. The average molecular weight is 207 g/mol. The Morgan fingerprint density at radius 2 is 1.80 bits per heavy atom. The van der Waals surface area contributed by atoms with E-state index in [0.29, 0.717) is 0 Å². The number of anilines is 1. The first-order chi connectivity index (χ1) is 7.15. The molecule has 15 heavy (non-hydrogen) atoms. The van der Waals surface area contributed by atoms with E-state index in [2.05, 4.69) is 11.8 Å². The lowest BCUT2D eigenvalue weighted by Crippen LogP contribution is -2.08. The Morgan fingerprint density at radius 1 is 1.20 bits per heavy atom. The van der Waals surface area contributed by atoms with Crippen LogP contribution in [0.3, 0.4) is 0 Å². The minimum atomic E-state index is -0.304. The molecule has 0 spiro atoms. The summed E-state index contributed by atoms with van der Waals surface area (Å²) in [6, 6.07) is 8.11. The van der Waals surface area contributed by atoms with E-state index in [1.165, 1.54) is 5.69 Å². The predicted molar refractivity (Wildman–Crippen MR) is 65.3 cm³/mol. The van der Waals surface area contributed by atoms with Crippen LogP contribution in [0.15, 0.2) is 24.3 Å². The topological polar surface area (TPSA) is 23.5 Å². The second-order valence-electron chi connectivity index (χ2n) is 4.14. The number of unbranched alkanes of at least 4 members (excludes halogenated alkanes) is 1. The molecule has 0 saturated heterocycles. The van der Waals surface area contributed by atoms with Crippen LogP contribution in [0.4, 0.5) is 5.69 Å². The molecule has 1 unspecified atom stereocenters. The third kappa shape index (κ3) is 3.56. The van der Waals surface area contributed by atoms with Crippen LogP contribution in [0.2, 0.25) is 0 Å². The second kappa shape index (κ2) is 5.76. The van der Waals surface area contributed by atoms with Crippen LogP contribution < -0.4 is 4.90 Å². The largest absolute Gasteiger partial charge is 0.388 e. The van der Waals surface area contributed by atoms with Crippen molar-refractivity contribution in [3.05, 3.63) is 29.8 Å². The van der Waals surface area contributed by atoms with Gasteiger partial charge in [-0.05, 0) is 24.1 Å². The van der Waals surface area contributed by atoms with Gasteiger partial charge in [-0.1, -0.05) is 31.9 Å². The maximum atomic E-state index is 9.87. The minimum Gasteiger partial charge on any atom is -0.388 e. The molecule has 0 bridgehead atoms. The highest BCUT2D eigenvalue weighted by atomic mass is 16.3. The molecule has 1 atom stereocenters. The van der Waals surface area contributed by atoms with Gasteiger partial charge in [0.15, 0.2) is 0 Å². The fourth-order valence-corrected chi connectivity index (χ4v) is 1.56. The number of hydrogen-bond acceptors (Lipinski definition) is 2. The highest BCUT2D eigenvalue weighted by Crippen LogP contribution is 2.21. The van der Waals surface area contributed by atoms with Crippen LogP contribution in [0.25, 0.3) is 0 Å². The van der Waals surface area contributed by atoms with Crippen LogP contribution in [0, 0.1) is 0 Å². The highest BCUT2D eigenvalue weighted by molar-refractivity contribution is 5.46. The van der Waals surface area contributed by atoms with Crippen molar-refractivity contribution in [3.63, 3.8) is 0 Å². The lowest BCUT2D eigenvalue weighted by Gasteiger charge is -2.15. The fourth-order valence-electron chi connectivity index (χ4n) is 1.56. The van der Waals surface area contributed by atoms with Gasteiger partial charge in [0.2, 0.25) is 0 Å². The molecule has 2 nitrogen and oxygen atoms in total. The van der Waals surface area contributed by atoms with E-state index in [9.17, 15) is 5.11 Å². The standard InChI is InChI=1S/C13H21NO/c1-4-5-6-13(15)11-7-9-12(10-8-11)14(2)3/h7-10,13,15H,4-6H2,1-3H3. The van der Waals surface area contributed by atoms with E-state index in [1.54, 1.807) is 0 Å². The van der Waals surface area contributed by atoms with Crippen molar-refractivity contribution in [2.45, 2.75) is 32.3 Å². The van der Waals surface area contributed by atoms with Gasteiger partial charge in [0.1, 0.15) is 0 Å². The number of nitrogens with zero attached hydrogens (tertiary/aromatic N) is 1. The number of rotatable bonds is 5. The van der Waals surface area contributed by atoms with E-state index in [-0.39, 0.29) is 6.10 Å². The molecule has 0 radical (unpaired) electrons. The molecule has 0 aliphatic rings. The number of benzene rings is 1. The Hall–Kier alpha value is -1.02. The summed E-state index contributed by atoms with van der Waals surface area (Å²) >= 11 is 0. The molecule has 0 aliphatic heterocycles. The van der Waals surface area contributed by atoms with Crippen LogP contribution >= 0.6 is 0 Å². The summed E-state index contributed by atoms with van der Waals surface area (Å²) in [7, 11) is 4.03. The molecule has 0 saturated carbocycles. The fraction of sp³-hybridized carbons (Fsp3) is 0.538. The van der Waals surface area contributed by atoms with Crippen LogP contribution in [-0.2, 0) is 0 Å². The third-order valence-corrected chi connectivity index (χ3v) is 2.63. The Bertz CT molecular complexity index is 279. The van der Waals surface area contributed by atoms with E-state index >= 15 is 0 Å². The lowest BCUT2D eigenvalue weighted by atomic mass is 10.0. The summed E-state index contributed by atoms with van der Waals surface area (Å²) in [5, 5.41) is 9.87. The van der Waals surface area contributed by atoms with Gasteiger partial charge in [0.25, 0.3) is 0 Å². The molecule has 84 valence electrons. The van der Waals surface area contributed by atoms with Crippen LogP contribution in [0.5, 0.6) is 0 Å². The molecule has 0 aromatic heterocycles. The summed E-state index contributed by atoms with van der Waals surface area (Å²) in [4.78, 5) is 2.06. The van der Waals surface area contributed by atoms with E-state index < -0.39 is 0 Å². The van der Waals surface area contributed by atoms with Gasteiger partial charge >= 0.3 is 0 Å². The van der Waals surface area contributed by atoms with Crippen molar-refractivity contribution in [2.24, 2.45) is 0 Å². The maximum absolute atomic E-state index is 9.87. The van der Waals surface area contributed by atoms with Gasteiger partial charge in [-0.15, -0.1) is 0 Å². The minimum absolute atomic E-state index is 0.304. The zero-order valence-electron chi connectivity index (χ0n) is 9.90. The Labute approximate surface area is 92.5 Å². The summed E-state index contributed by atoms with van der Waals surface area (Å²) in [5.74, 6) is 0. The zero-order chi connectivity index (χ0) is 11.3. The highest BCUT2D eigenvalue weighted by Gasteiger charge is 2.06. The molecule has 0 heterocycles. The molecule has 1 aromatic carbocycles. The summed E-state index contributed by atoms with van der Waals surface area (Å²) < 4.78 is 0. The first kappa shape index (κ1) is 12.1. The molecule has 0 aliphatic carbocycles. The van der Waals surface area contributed by atoms with Crippen molar-refractivity contribution in [2.75, 3.05) is 19.0 Å². The van der Waals surface area contributed by atoms with Crippen molar-refractivity contribution in [3.8, 4) is 0 Å². The molecule has 0 fully saturated rings. The SMILES string of the molecule is CCCCC(O)c1ccc(N(C)C)cc1. The predicted octanol–water partition coefficient (Wildman–Crippen LogP) is 2.98. The third-order valence-electron chi connectivity index (χ3n) is 2.63. The summed E-state index contributed by atoms with van der Waals surface area (Å²) in [6.07, 6.45) is 2.77. The average Bonchev–Trinajstić information content (AvgIpc) is 2.26. The number of aliphatic hydroxyl groups is 1. The molecular weight excluding hydrogens is 186 g/mol. The Kier molecular flexibility index (Phi) is 4.63. The Balaban J connectivity index is 2.62. The first-order valence-electron chi connectivity index (χ1n) is 5.60. The first-order valence-corrected chi connectivity index (χ1v) is 5.60. The smallest absolute Gasteiger partial charge is 0.0790 e. The van der Waals surface area contributed by atoms with E-state index in [4.69, 9.17) is 0 Å². The van der Waals surface area contributed by atoms with Gasteiger partial charge in [0, 0.05) is 19.8 Å². The van der Waals surface area contributed by atoms with Crippen molar-refractivity contribution < 1.29 is 5.11 Å². The lowest BCUT2D eigenvalue weighted by molar-refractivity contribution is 0.164. The van der Waals surface area contributed by atoms with Crippen molar-refractivity contribution in [1.82, 2.24) is 0 Å². The van der Waals surface area contributed by atoms with Crippen LogP contribution in [0.1, 0.15) is 37.9 Å². The van der Waals surface area contributed by atoms with Crippen molar-refractivity contribution >= 4 is 5.69 Å². The number of aliphatic hydroxyl groups excluding tert-OH is 1. The molecule has 2 heteroatoms. The molecule has 1 N–H and O–H groups in total. The van der Waals surface area contributed by atoms with Gasteiger partial charge in [-0.25, -0.2) is 0 Å². The van der Waals surface area contributed by atoms with Crippen molar-refractivity contribution in [1.29, 1.82) is 0 Å². The quantitative estimate of drug-likeness (QED) is 0.802. The number of hydrogen-bond donors (Lipinski definition) is 1. The molecule has 1 aromatic rings. The summed E-state index contributed by atoms with van der Waals surface area (Å²) in [6.45, 7) is 2.14. The normalized spacial score (nSPS) is 12.5. The van der Waals surface area contributed by atoms with Gasteiger partial charge in [-0.2, -0.15) is 0 Å².